The van der Waals surface area contributed by atoms with Gasteiger partial charge in [-0.1, -0.05) is 59.7 Å². The van der Waals surface area contributed by atoms with Crippen LogP contribution in [0.5, 0.6) is 11.5 Å². The maximum Gasteiger partial charge on any atom is 0.228 e. The minimum absolute atomic E-state index is 0.0907. The van der Waals surface area contributed by atoms with Gasteiger partial charge in [0.25, 0.3) is 0 Å². The Morgan fingerprint density at radius 2 is 1.58 bits per heavy atom. The lowest BCUT2D eigenvalue weighted by molar-refractivity contribution is -0.659. The number of fused-ring (bicyclic) bond motifs is 5. The van der Waals surface area contributed by atoms with Gasteiger partial charge in [0.05, 0.1) is 17.2 Å². The third kappa shape index (κ3) is 3.59. The largest absolute Gasteiger partial charge is 0.464 e. The van der Waals surface area contributed by atoms with Gasteiger partial charge >= 0.3 is 0 Å². The number of hydrogen-bond donors (Lipinski definition) is 0. The fourth-order valence-corrected chi connectivity index (χ4v) is 6.00. The molecule has 3 heteroatoms. The van der Waals surface area contributed by atoms with Crippen molar-refractivity contribution in [3.05, 3.63) is 65.5 Å². The average molecular weight is 479 g/mol. The lowest BCUT2D eigenvalue weighted by Gasteiger charge is -2.27. The average Bonchev–Trinajstić information content (AvgIpc) is 3.27. The summed E-state index contributed by atoms with van der Waals surface area (Å²) in [6, 6.07) is 13.5. The van der Waals surface area contributed by atoms with Gasteiger partial charge in [0.1, 0.15) is 24.1 Å². The topological polar surface area (TPSA) is 26.2 Å². The van der Waals surface area contributed by atoms with Gasteiger partial charge in [-0.25, -0.2) is 4.57 Å². The smallest absolute Gasteiger partial charge is 0.228 e. The van der Waals surface area contributed by atoms with Gasteiger partial charge < -0.3 is 9.15 Å². The fraction of sp³-hybridized carbons (Fsp3) is 0.364. The Labute approximate surface area is 213 Å². The van der Waals surface area contributed by atoms with Crippen molar-refractivity contribution in [2.75, 3.05) is 0 Å². The number of hydrogen-bond acceptors (Lipinski definition) is 2. The molecule has 0 spiro atoms. The standard InChI is InChI=1S/C33H36NO2/c1-19-22-12-14-35-30(22)25(18-33(5,6)7)31-27(19)29-28-23(11-13-34(29)8)24-15-20(17-32(2,3)4)9-10-21(24)16-26(28)36-31/h9-16H,17-18H2,1-8H3/q+1. The van der Waals surface area contributed by atoms with E-state index < -0.39 is 0 Å². The molecule has 3 heterocycles. The Morgan fingerprint density at radius 3 is 2.31 bits per heavy atom. The highest BCUT2D eigenvalue weighted by atomic mass is 16.5. The van der Waals surface area contributed by atoms with Gasteiger partial charge in [0, 0.05) is 22.4 Å². The zero-order valence-corrected chi connectivity index (χ0v) is 22.8. The maximum absolute atomic E-state index is 6.89. The number of ether oxygens (including phenoxy) is 1. The molecule has 5 aromatic rings. The molecular weight excluding hydrogens is 442 g/mol. The summed E-state index contributed by atoms with van der Waals surface area (Å²) in [5, 5.41) is 6.12. The van der Waals surface area contributed by atoms with Crippen molar-refractivity contribution in [3.8, 4) is 22.8 Å². The van der Waals surface area contributed by atoms with Gasteiger partial charge in [0.15, 0.2) is 6.20 Å². The number of rotatable bonds is 2. The van der Waals surface area contributed by atoms with Crippen LogP contribution in [0.1, 0.15) is 58.2 Å². The van der Waals surface area contributed by atoms with Crippen LogP contribution in [0, 0.1) is 17.8 Å². The van der Waals surface area contributed by atoms with Crippen molar-refractivity contribution in [2.45, 2.75) is 61.3 Å². The minimum Gasteiger partial charge on any atom is -0.464 e. The van der Waals surface area contributed by atoms with Crippen LogP contribution in [0.3, 0.4) is 0 Å². The van der Waals surface area contributed by atoms with Gasteiger partial charge in [0.2, 0.25) is 5.69 Å². The first-order valence-corrected chi connectivity index (χ1v) is 13.0. The first kappa shape index (κ1) is 23.1. The van der Waals surface area contributed by atoms with Crippen LogP contribution in [-0.2, 0) is 19.9 Å². The Kier molecular flexibility index (Phi) is 4.87. The fourth-order valence-electron chi connectivity index (χ4n) is 6.00. The lowest BCUT2D eigenvalue weighted by Crippen LogP contribution is -2.32. The molecule has 3 nitrogen and oxygen atoms in total. The highest BCUT2D eigenvalue weighted by Gasteiger charge is 2.35. The summed E-state index contributed by atoms with van der Waals surface area (Å²) in [4.78, 5) is 0. The monoisotopic (exact) mass is 478 g/mol. The Hall–Kier alpha value is -3.33. The Morgan fingerprint density at radius 1 is 0.833 bits per heavy atom. The van der Waals surface area contributed by atoms with Crippen LogP contribution in [0.4, 0.5) is 0 Å². The van der Waals surface area contributed by atoms with E-state index in [1.807, 2.05) is 6.26 Å². The number of nitrogens with zero attached hydrogens (tertiary/aromatic N) is 1. The normalized spacial score (nSPS) is 13.4. The van der Waals surface area contributed by atoms with Crippen molar-refractivity contribution in [2.24, 2.45) is 17.9 Å². The van der Waals surface area contributed by atoms with Crippen molar-refractivity contribution < 1.29 is 13.7 Å². The molecule has 6 rings (SSSR count). The number of pyridine rings is 1. The second-order valence-corrected chi connectivity index (χ2v) is 13.0. The van der Waals surface area contributed by atoms with Crippen LogP contribution in [-0.4, -0.2) is 0 Å². The molecule has 1 aliphatic heterocycles. The Bertz CT molecular complexity index is 1690. The van der Waals surface area contributed by atoms with Crippen molar-refractivity contribution >= 4 is 32.5 Å². The molecule has 0 saturated heterocycles. The summed E-state index contributed by atoms with van der Waals surface area (Å²) in [5.74, 6) is 1.88. The van der Waals surface area contributed by atoms with Crippen LogP contribution < -0.4 is 9.30 Å². The molecule has 0 atom stereocenters. The quantitative estimate of drug-likeness (QED) is 0.184. The van der Waals surface area contributed by atoms with Crippen LogP contribution >= 0.6 is 0 Å². The summed E-state index contributed by atoms with van der Waals surface area (Å²) in [5.41, 5.74) is 7.44. The van der Waals surface area contributed by atoms with Crippen molar-refractivity contribution in [1.29, 1.82) is 0 Å². The molecule has 0 radical (unpaired) electrons. The highest BCUT2D eigenvalue weighted by molar-refractivity contribution is 6.16. The summed E-state index contributed by atoms with van der Waals surface area (Å²) in [7, 11) is 2.15. The number of furan rings is 1. The SMILES string of the molecule is Cc1c2c(c(CC(C)(C)C)c3occc13)Oc1cc3ccc(CC(C)(C)C)cc3c3cc[n+](C)c-2c13. The molecule has 0 saturated carbocycles. The van der Waals surface area contributed by atoms with Gasteiger partial charge in [-0.2, -0.15) is 0 Å². The van der Waals surface area contributed by atoms with E-state index in [0.29, 0.717) is 0 Å². The van der Waals surface area contributed by atoms with E-state index in [9.17, 15) is 0 Å². The van der Waals surface area contributed by atoms with Gasteiger partial charge in [-0.05, 0) is 64.6 Å². The van der Waals surface area contributed by atoms with E-state index in [0.717, 1.165) is 35.5 Å². The molecular formula is C33H36NO2+. The van der Waals surface area contributed by atoms with Crippen LogP contribution in [0.2, 0.25) is 0 Å². The molecule has 0 fully saturated rings. The van der Waals surface area contributed by atoms with Gasteiger partial charge in [-0.15, -0.1) is 0 Å². The lowest BCUT2D eigenvalue weighted by atomic mass is 9.83. The Balaban J connectivity index is 1.71. The predicted octanol–water partition coefficient (Wildman–Crippen LogP) is 8.82. The van der Waals surface area contributed by atoms with Crippen molar-refractivity contribution in [1.82, 2.24) is 0 Å². The molecule has 36 heavy (non-hydrogen) atoms. The highest BCUT2D eigenvalue weighted by Crippen LogP contribution is 2.52. The molecule has 0 N–H and O–H groups in total. The third-order valence-corrected chi connectivity index (χ3v) is 7.37. The molecule has 0 amide bonds. The van der Waals surface area contributed by atoms with E-state index in [1.54, 1.807) is 0 Å². The molecule has 1 aliphatic rings. The zero-order chi connectivity index (χ0) is 25.6. The second kappa shape index (κ2) is 7.59. The van der Waals surface area contributed by atoms with E-state index in [1.165, 1.54) is 49.3 Å². The molecule has 0 aliphatic carbocycles. The summed E-state index contributed by atoms with van der Waals surface area (Å²) >= 11 is 0. The van der Waals surface area contributed by atoms with Crippen LogP contribution in [0.25, 0.3) is 43.8 Å². The molecule has 2 aromatic heterocycles. The molecule has 3 aromatic carbocycles. The summed E-state index contributed by atoms with van der Waals surface area (Å²) < 4.78 is 15.2. The van der Waals surface area contributed by atoms with E-state index >= 15 is 0 Å². The summed E-state index contributed by atoms with van der Waals surface area (Å²) in [6.45, 7) is 15.9. The first-order valence-electron chi connectivity index (χ1n) is 13.0. The van der Waals surface area contributed by atoms with Crippen molar-refractivity contribution in [3.63, 3.8) is 0 Å². The first-order chi connectivity index (χ1) is 16.9. The minimum atomic E-state index is 0.0907. The zero-order valence-electron chi connectivity index (χ0n) is 22.8. The number of aryl methyl sites for hydroxylation is 2. The molecule has 184 valence electrons. The maximum atomic E-state index is 6.89. The third-order valence-electron chi connectivity index (χ3n) is 7.37. The van der Waals surface area contributed by atoms with E-state index in [2.05, 4.69) is 103 Å². The van der Waals surface area contributed by atoms with E-state index in [-0.39, 0.29) is 10.8 Å². The molecule has 0 unspecified atom stereocenters. The molecule has 0 bridgehead atoms. The number of benzene rings is 3. The number of aromatic nitrogens is 1. The van der Waals surface area contributed by atoms with Crippen LogP contribution in [0.15, 0.2) is 53.3 Å². The van der Waals surface area contributed by atoms with E-state index in [4.69, 9.17) is 9.15 Å². The summed E-state index contributed by atoms with van der Waals surface area (Å²) in [6.07, 6.45) is 5.94. The second-order valence-electron chi connectivity index (χ2n) is 13.0. The van der Waals surface area contributed by atoms with Gasteiger partial charge in [-0.3, -0.25) is 0 Å². The predicted molar refractivity (Wildman–Crippen MR) is 149 cm³/mol.